The Labute approximate surface area is 178 Å². The molecule has 0 aliphatic heterocycles. The predicted molar refractivity (Wildman–Crippen MR) is 116 cm³/mol. The molecule has 3 N–H and O–H groups in total. The van der Waals surface area contributed by atoms with Gasteiger partial charge in [0.15, 0.2) is 0 Å². The largest absolute Gasteiger partial charge is 0.348 e. The summed E-state index contributed by atoms with van der Waals surface area (Å²) in [5.41, 5.74) is 3.95. The van der Waals surface area contributed by atoms with E-state index in [4.69, 9.17) is 0 Å². The van der Waals surface area contributed by atoms with Crippen LogP contribution in [0, 0.1) is 20.8 Å². The van der Waals surface area contributed by atoms with Crippen molar-refractivity contribution < 1.29 is 18.0 Å². The van der Waals surface area contributed by atoms with Crippen molar-refractivity contribution in [2.24, 2.45) is 0 Å². The lowest BCUT2D eigenvalue weighted by Gasteiger charge is -2.18. The topological polar surface area (TPSA) is 104 Å². The second-order valence-corrected chi connectivity index (χ2v) is 9.05. The van der Waals surface area contributed by atoms with Crippen LogP contribution in [0.15, 0.2) is 47.4 Å². The Morgan fingerprint density at radius 3 is 2.17 bits per heavy atom. The van der Waals surface area contributed by atoms with Crippen LogP contribution in [-0.2, 0) is 19.6 Å². The highest BCUT2D eigenvalue weighted by Gasteiger charge is 2.17. The summed E-state index contributed by atoms with van der Waals surface area (Å²) in [5.74, 6) is -0.922. The molecule has 0 fully saturated rings. The minimum Gasteiger partial charge on any atom is -0.348 e. The van der Waals surface area contributed by atoms with Crippen LogP contribution in [0.5, 0.6) is 0 Å². The molecule has 2 amide bonds. The highest BCUT2D eigenvalue weighted by Crippen LogP contribution is 2.17. The summed E-state index contributed by atoms with van der Waals surface area (Å²) in [4.78, 5) is 24.3. The molecule has 0 heterocycles. The van der Waals surface area contributed by atoms with Crippen molar-refractivity contribution in [1.82, 2.24) is 15.4 Å². The van der Waals surface area contributed by atoms with Gasteiger partial charge in [0.2, 0.25) is 21.8 Å². The van der Waals surface area contributed by atoms with E-state index in [1.54, 1.807) is 12.1 Å². The summed E-state index contributed by atoms with van der Waals surface area (Å²) in [6.07, 6.45) is 0.707. The molecule has 0 aliphatic carbocycles. The summed E-state index contributed by atoms with van der Waals surface area (Å²) < 4.78 is 26.9. The van der Waals surface area contributed by atoms with Gasteiger partial charge in [-0.1, -0.05) is 42.8 Å². The molecule has 0 aromatic heterocycles. The van der Waals surface area contributed by atoms with Crippen LogP contribution in [0.25, 0.3) is 0 Å². The van der Waals surface area contributed by atoms with Gasteiger partial charge in [0.1, 0.15) is 0 Å². The van der Waals surface area contributed by atoms with E-state index in [-0.39, 0.29) is 23.4 Å². The molecule has 30 heavy (non-hydrogen) atoms. The van der Waals surface area contributed by atoms with E-state index >= 15 is 0 Å². The van der Waals surface area contributed by atoms with Crippen molar-refractivity contribution in [2.75, 3.05) is 13.1 Å². The molecule has 0 spiro atoms. The van der Waals surface area contributed by atoms with Crippen LogP contribution in [0.2, 0.25) is 0 Å². The van der Waals surface area contributed by atoms with E-state index in [0.29, 0.717) is 6.42 Å². The fourth-order valence-corrected chi connectivity index (χ4v) is 3.90. The molecular weight excluding hydrogens is 402 g/mol. The molecule has 0 radical (unpaired) electrons. The predicted octanol–water partition coefficient (Wildman–Crippen LogP) is 2.27. The van der Waals surface area contributed by atoms with E-state index in [9.17, 15) is 18.0 Å². The first-order chi connectivity index (χ1) is 14.1. The van der Waals surface area contributed by atoms with E-state index in [2.05, 4.69) is 15.4 Å². The van der Waals surface area contributed by atoms with Gasteiger partial charge in [-0.3, -0.25) is 9.59 Å². The summed E-state index contributed by atoms with van der Waals surface area (Å²) in [5, 5.41) is 5.31. The fraction of sp³-hybridized carbons (Fsp3) is 0.364. The minimum absolute atomic E-state index is 0.0972. The van der Waals surface area contributed by atoms with E-state index in [1.807, 2.05) is 52.0 Å². The summed E-state index contributed by atoms with van der Waals surface area (Å²) >= 11 is 0. The van der Waals surface area contributed by atoms with Crippen LogP contribution in [0.4, 0.5) is 0 Å². The van der Waals surface area contributed by atoms with E-state index < -0.39 is 22.5 Å². The number of carbonyl (C=O) groups is 2. The van der Waals surface area contributed by atoms with Crippen molar-refractivity contribution in [2.45, 2.75) is 45.1 Å². The Bertz CT molecular complexity index is 1000. The molecule has 2 aromatic rings. The quantitative estimate of drug-likeness (QED) is 0.566. The monoisotopic (exact) mass is 431 g/mol. The number of hydrogen-bond acceptors (Lipinski definition) is 4. The molecule has 162 valence electrons. The normalized spacial score (nSPS) is 12.3. The zero-order valence-corrected chi connectivity index (χ0v) is 18.6. The number of hydrogen-bond donors (Lipinski definition) is 3. The Morgan fingerprint density at radius 1 is 0.900 bits per heavy atom. The smallest absolute Gasteiger partial charge is 0.241 e. The average Bonchev–Trinajstić information content (AvgIpc) is 2.71. The van der Waals surface area contributed by atoms with Crippen LogP contribution < -0.4 is 15.4 Å². The molecule has 8 heteroatoms. The maximum atomic E-state index is 12.3. The van der Waals surface area contributed by atoms with Crippen LogP contribution in [0.3, 0.4) is 0 Å². The Balaban J connectivity index is 1.83. The molecule has 0 unspecified atom stereocenters. The molecule has 7 nitrogen and oxygen atoms in total. The van der Waals surface area contributed by atoms with Crippen LogP contribution >= 0.6 is 0 Å². The first-order valence-corrected chi connectivity index (χ1v) is 11.3. The zero-order chi connectivity index (χ0) is 22.3. The lowest BCUT2D eigenvalue weighted by atomic mass is 10.0. The van der Waals surface area contributed by atoms with Crippen molar-refractivity contribution in [1.29, 1.82) is 0 Å². The van der Waals surface area contributed by atoms with Crippen molar-refractivity contribution in [3.63, 3.8) is 0 Å². The van der Waals surface area contributed by atoms with Crippen LogP contribution in [-0.4, -0.2) is 33.3 Å². The highest BCUT2D eigenvalue weighted by atomic mass is 32.2. The molecule has 2 rings (SSSR count). The number of carbonyl (C=O) groups excluding carboxylic acids is 2. The van der Waals surface area contributed by atoms with Crippen molar-refractivity contribution >= 4 is 21.8 Å². The Morgan fingerprint density at radius 2 is 1.57 bits per heavy atom. The minimum atomic E-state index is -3.81. The zero-order valence-electron chi connectivity index (χ0n) is 17.8. The fourth-order valence-electron chi connectivity index (χ4n) is 2.83. The number of sulfonamides is 1. The lowest BCUT2D eigenvalue weighted by molar-refractivity contribution is -0.125. The average molecular weight is 432 g/mol. The summed E-state index contributed by atoms with van der Waals surface area (Å²) in [6, 6.07) is 12.5. The van der Waals surface area contributed by atoms with Gasteiger partial charge in [0, 0.05) is 0 Å². The number of rotatable bonds is 9. The van der Waals surface area contributed by atoms with Crippen LogP contribution in [0.1, 0.15) is 41.6 Å². The molecule has 0 aliphatic rings. The molecule has 0 saturated carbocycles. The molecule has 0 bridgehead atoms. The summed E-state index contributed by atoms with van der Waals surface area (Å²) in [6.45, 7) is 6.99. The molecule has 1 atom stereocenters. The highest BCUT2D eigenvalue weighted by molar-refractivity contribution is 7.89. The lowest BCUT2D eigenvalue weighted by Crippen LogP contribution is -2.42. The maximum absolute atomic E-state index is 12.3. The first-order valence-electron chi connectivity index (χ1n) is 9.82. The van der Waals surface area contributed by atoms with Gasteiger partial charge in [-0.15, -0.1) is 0 Å². The second-order valence-electron chi connectivity index (χ2n) is 7.29. The van der Waals surface area contributed by atoms with Gasteiger partial charge in [-0.2, -0.15) is 0 Å². The summed E-state index contributed by atoms with van der Waals surface area (Å²) in [7, 11) is -3.81. The van der Waals surface area contributed by atoms with E-state index in [0.717, 1.165) is 22.3 Å². The Kier molecular flexibility index (Phi) is 8.14. The standard InChI is InChI=1S/C22H29N3O4S/c1-5-20(18-9-6-15(2)7-10-18)25-22(27)13-23-21(26)14-24-30(28,29)19-11-8-16(3)17(4)12-19/h6-12,20,24H,5,13-14H2,1-4H3,(H,23,26)(H,25,27)/t20-/m1/s1. The molecule has 2 aromatic carbocycles. The van der Waals surface area contributed by atoms with Gasteiger partial charge in [0.25, 0.3) is 0 Å². The second kappa shape index (κ2) is 10.4. The Hall–Kier alpha value is -2.71. The molecular formula is C22H29N3O4S. The van der Waals surface area contributed by atoms with Crippen molar-refractivity contribution in [3.05, 3.63) is 64.7 Å². The SMILES string of the molecule is CC[C@@H](NC(=O)CNC(=O)CNS(=O)(=O)c1ccc(C)c(C)c1)c1ccc(C)cc1. The number of amides is 2. The van der Waals surface area contributed by atoms with Gasteiger partial charge in [-0.25, -0.2) is 13.1 Å². The number of nitrogens with one attached hydrogen (secondary N) is 3. The first kappa shape index (κ1) is 23.6. The van der Waals surface area contributed by atoms with Crippen molar-refractivity contribution in [3.8, 4) is 0 Å². The maximum Gasteiger partial charge on any atom is 0.241 e. The van der Waals surface area contributed by atoms with Gasteiger partial charge in [0.05, 0.1) is 24.0 Å². The molecule has 0 saturated heterocycles. The van der Waals surface area contributed by atoms with Gasteiger partial charge >= 0.3 is 0 Å². The number of benzene rings is 2. The third-order valence-corrected chi connectivity index (χ3v) is 6.28. The third kappa shape index (κ3) is 6.67. The van der Waals surface area contributed by atoms with Gasteiger partial charge in [-0.05, 0) is 56.0 Å². The number of aryl methyl sites for hydroxylation is 3. The third-order valence-electron chi connectivity index (χ3n) is 4.88. The van der Waals surface area contributed by atoms with Gasteiger partial charge < -0.3 is 10.6 Å². The van der Waals surface area contributed by atoms with E-state index in [1.165, 1.54) is 6.07 Å².